The Balaban J connectivity index is 0.000000273. The number of aliphatic hydroxyl groups is 1. The van der Waals surface area contributed by atoms with E-state index in [9.17, 15) is 22.7 Å². The van der Waals surface area contributed by atoms with Gasteiger partial charge in [-0.25, -0.2) is 8.78 Å². The minimum atomic E-state index is -1.16. The van der Waals surface area contributed by atoms with Gasteiger partial charge in [0, 0.05) is 24.4 Å². The van der Waals surface area contributed by atoms with Gasteiger partial charge in [0.1, 0.15) is 13.2 Å². The lowest BCUT2D eigenvalue weighted by molar-refractivity contribution is -0.0893. The maximum atomic E-state index is 14.5. The van der Waals surface area contributed by atoms with Gasteiger partial charge in [0.15, 0.2) is 34.1 Å². The zero-order valence-electron chi connectivity index (χ0n) is 30.9. The average Bonchev–Trinajstić information content (AvgIpc) is 3.52. The SMILES string of the molecule is CC.CC(C)(O)C(C)(C)O[B]c1ccc(OCc2ccccc2)c(F)c1F.COCCn1cc(-c2ccc(OCc3ccccc3)c(F)c2F)c(Cl)n1. The first kappa shape index (κ1) is 43.1. The topological polar surface area (TPSA) is 75.0 Å². The summed E-state index contributed by atoms with van der Waals surface area (Å²) < 4.78 is 80.1. The van der Waals surface area contributed by atoms with E-state index >= 15 is 0 Å². The van der Waals surface area contributed by atoms with E-state index in [0.29, 0.717) is 18.7 Å². The van der Waals surface area contributed by atoms with Crippen molar-refractivity contribution in [1.29, 1.82) is 0 Å². The van der Waals surface area contributed by atoms with E-state index in [-0.39, 0.29) is 40.9 Å². The van der Waals surface area contributed by atoms with Crippen LogP contribution in [0.3, 0.4) is 0 Å². The van der Waals surface area contributed by atoms with Crippen LogP contribution in [0.4, 0.5) is 17.6 Å². The molecule has 53 heavy (non-hydrogen) atoms. The van der Waals surface area contributed by atoms with E-state index in [1.54, 1.807) is 41.0 Å². The molecule has 0 aliphatic rings. The Morgan fingerprint density at radius 3 is 1.74 bits per heavy atom. The molecule has 1 aromatic heterocycles. The highest BCUT2D eigenvalue weighted by molar-refractivity contribution is 6.47. The van der Waals surface area contributed by atoms with E-state index in [4.69, 9.17) is 30.5 Å². The second kappa shape index (κ2) is 20.2. The molecule has 0 unspecified atom stereocenters. The van der Waals surface area contributed by atoms with Gasteiger partial charge >= 0.3 is 7.48 Å². The summed E-state index contributed by atoms with van der Waals surface area (Å²) in [6.07, 6.45) is 1.56. The fourth-order valence-corrected chi connectivity index (χ4v) is 4.55. The molecule has 1 radical (unpaired) electrons. The third-order valence-corrected chi connectivity index (χ3v) is 8.36. The summed E-state index contributed by atoms with van der Waals surface area (Å²) in [7, 11) is 2.67. The van der Waals surface area contributed by atoms with E-state index < -0.39 is 34.5 Å². The van der Waals surface area contributed by atoms with E-state index in [1.165, 1.54) is 28.9 Å². The van der Waals surface area contributed by atoms with Crippen LogP contribution in [0.1, 0.15) is 52.7 Å². The van der Waals surface area contributed by atoms with Crippen molar-refractivity contribution < 1.29 is 41.5 Å². The number of ether oxygens (including phenoxy) is 3. The van der Waals surface area contributed by atoms with Gasteiger partial charge in [0.25, 0.3) is 0 Å². The number of hydrogen-bond acceptors (Lipinski definition) is 6. The van der Waals surface area contributed by atoms with Crippen molar-refractivity contribution in [3.8, 4) is 22.6 Å². The Kier molecular flexibility index (Phi) is 16.4. The predicted octanol–water partition coefficient (Wildman–Crippen LogP) is 9.09. The molecule has 1 heterocycles. The monoisotopic (exact) mass is 755 g/mol. The van der Waals surface area contributed by atoms with Crippen LogP contribution in [0.15, 0.2) is 91.1 Å². The van der Waals surface area contributed by atoms with Gasteiger partial charge in [-0.05, 0) is 62.5 Å². The van der Waals surface area contributed by atoms with Crippen molar-refractivity contribution in [2.45, 2.75) is 72.5 Å². The average molecular weight is 756 g/mol. The molecular weight excluding hydrogens is 711 g/mol. The fraction of sp³-hybridized carbons (Fsp3) is 0.325. The molecule has 13 heteroatoms. The summed E-state index contributed by atoms with van der Waals surface area (Å²) in [5, 5.41) is 14.2. The molecule has 0 saturated heterocycles. The zero-order valence-corrected chi connectivity index (χ0v) is 31.7. The van der Waals surface area contributed by atoms with Gasteiger partial charge in [-0.2, -0.15) is 13.9 Å². The highest BCUT2D eigenvalue weighted by Gasteiger charge is 2.36. The smallest absolute Gasteiger partial charge is 0.334 e. The second-order valence-corrected chi connectivity index (χ2v) is 12.8. The molecule has 1 N–H and O–H groups in total. The number of benzene rings is 4. The molecule has 0 aliphatic heterocycles. The van der Waals surface area contributed by atoms with Crippen molar-refractivity contribution >= 4 is 24.5 Å². The van der Waals surface area contributed by atoms with Crippen molar-refractivity contribution in [2.24, 2.45) is 0 Å². The Morgan fingerprint density at radius 2 is 1.23 bits per heavy atom. The van der Waals surface area contributed by atoms with Gasteiger partial charge in [0.2, 0.25) is 5.82 Å². The summed E-state index contributed by atoms with van der Waals surface area (Å²) in [6.45, 7) is 11.7. The molecule has 0 saturated carbocycles. The largest absolute Gasteiger partial charge is 0.486 e. The third-order valence-electron chi connectivity index (χ3n) is 8.08. The molecule has 0 bridgehead atoms. The Labute approximate surface area is 314 Å². The Hall–Kier alpha value is -4.36. The molecule has 0 atom stereocenters. The van der Waals surface area contributed by atoms with Gasteiger partial charge in [-0.15, -0.1) is 0 Å². The van der Waals surface area contributed by atoms with Crippen LogP contribution in [-0.4, -0.2) is 47.3 Å². The lowest BCUT2D eigenvalue weighted by Crippen LogP contribution is -2.49. The fourth-order valence-electron chi connectivity index (χ4n) is 4.30. The first-order valence-corrected chi connectivity index (χ1v) is 17.3. The maximum absolute atomic E-state index is 14.5. The maximum Gasteiger partial charge on any atom is 0.334 e. The molecule has 5 aromatic rings. The number of hydrogen-bond donors (Lipinski definition) is 1. The second-order valence-electron chi connectivity index (χ2n) is 12.5. The standard InChI is InChI=1S/C19H22BF2O3.C19H17ClF2N2O2.C2H6/c1-18(2,23)19(3,4)25-20-14-10-11-15(17(22)16(14)21)24-12-13-8-6-5-7-9-13;1-25-10-9-24-11-15(19(20)23-24)14-7-8-16(18(22)17(14)21)26-12-13-5-3-2-4-6-13;1-2/h5-11,23H,12H2,1-4H3;2-8,11H,9-10,12H2,1H3;1-2H3. The van der Waals surface area contributed by atoms with Crippen LogP contribution >= 0.6 is 11.6 Å². The van der Waals surface area contributed by atoms with Gasteiger partial charge in [-0.3, -0.25) is 4.68 Å². The molecule has 5 rings (SSSR count). The minimum absolute atomic E-state index is 0.0308. The van der Waals surface area contributed by atoms with Crippen LogP contribution in [0.5, 0.6) is 11.5 Å². The first-order chi connectivity index (χ1) is 25.2. The molecule has 0 amide bonds. The van der Waals surface area contributed by atoms with Crippen LogP contribution in [-0.2, 0) is 29.1 Å². The number of rotatable bonds is 14. The molecule has 0 spiro atoms. The Morgan fingerprint density at radius 1 is 0.717 bits per heavy atom. The summed E-state index contributed by atoms with van der Waals surface area (Å²) >= 11 is 6.07. The highest BCUT2D eigenvalue weighted by Crippen LogP contribution is 2.34. The van der Waals surface area contributed by atoms with E-state index in [2.05, 4.69) is 5.10 Å². The van der Waals surface area contributed by atoms with Crippen LogP contribution in [0, 0.1) is 23.3 Å². The highest BCUT2D eigenvalue weighted by atomic mass is 35.5. The predicted molar refractivity (Wildman–Crippen MR) is 201 cm³/mol. The third kappa shape index (κ3) is 12.1. The van der Waals surface area contributed by atoms with E-state index in [0.717, 1.165) is 18.6 Å². The van der Waals surface area contributed by atoms with E-state index in [1.807, 2.05) is 74.5 Å². The van der Waals surface area contributed by atoms with Crippen molar-refractivity contribution in [2.75, 3.05) is 13.7 Å². The summed E-state index contributed by atoms with van der Waals surface area (Å²) in [4.78, 5) is 0. The quantitative estimate of drug-likeness (QED) is 0.0901. The van der Waals surface area contributed by atoms with Gasteiger partial charge in [-0.1, -0.05) is 92.2 Å². The van der Waals surface area contributed by atoms with Crippen LogP contribution in [0.2, 0.25) is 5.15 Å². The van der Waals surface area contributed by atoms with Crippen molar-refractivity contribution in [1.82, 2.24) is 9.78 Å². The number of halogens is 5. The summed E-state index contributed by atoms with van der Waals surface area (Å²) in [5.74, 6) is -4.53. The number of methoxy groups -OCH3 is 1. The number of nitrogens with zero attached hydrogens (tertiary/aromatic N) is 2. The van der Waals surface area contributed by atoms with Gasteiger partial charge < -0.3 is 24.0 Å². The van der Waals surface area contributed by atoms with Crippen LogP contribution < -0.4 is 14.9 Å². The molecule has 0 fully saturated rings. The first-order valence-electron chi connectivity index (χ1n) is 17.0. The lowest BCUT2D eigenvalue weighted by atomic mass is 9.82. The number of aromatic nitrogens is 2. The summed E-state index contributed by atoms with van der Waals surface area (Å²) in [5.41, 5.74) is -0.124. The van der Waals surface area contributed by atoms with Crippen molar-refractivity contribution in [3.63, 3.8) is 0 Å². The van der Waals surface area contributed by atoms with Crippen molar-refractivity contribution in [3.05, 3.63) is 131 Å². The molecule has 7 nitrogen and oxygen atoms in total. The molecular formula is C40H45BClF4N2O5. The normalized spacial score (nSPS) is 11.2. The van der Waals surface area contributed by atoms with Crippen LogP contribution in [0.25, 0.3) is 11.1 Å². The summed E-state index contributed by atoms with van der Waals surface area (Å²) in [6, 6.07) is 24.0. The van der Waals surface area contributed by atoms with Gasteiger partial charge in [0.05, 0.1) is 24.4 Å². The Bertz CT molecular complexity index is 1870. The lowest BCUT2D eigenvalue weighted by Gasteiger charge is -2.37. The molecule has 4 aromatic carbocycles. The minimum Gasteiger partial charge on any atom is -0.486 e. The zero-order chi connectivity index (χ0) is 39.2. The molecule has 0 aliphatic carbocycles. The molecule has 283 valence electrons.